The average Bonchev–Trinajstić information content (AvgIpc) is 2.47. The highest BCUT2D eigenvalue weighted by atomic mass is 32.2. The van der Waals surface area contributed by atoms with E-state index in [9.17, 15) is 8.42 Å². The van der Waals surface area contributed by atoms with E-state index in [0.717, 1.165) is 38.8 Å². The number of ether oxygens (including phenoxy) is 1. The summed E-state index contributed by atoms with van der Waals surface area (Å²) in [6.07, 6.45) is 7.68. The van der Waals surface area contributed by atoms with Crippen molar-refractivity contribution in [2.24, 2.45) is 11.3 Å². The van der Waals surface area contributed by atoms with E-state index in [2.05, 4.69) is 10.0 Å². The van der Waals surface area contributed by atoms with Crippen molar-refractivity contribution in [1.29, 1.82) is 0 Å². The highest BCUT2D eigenvalue weighted by Crippen LogP contribution is 2.29. The number of hydrogen-bond acceptors (Lipinski definition) is 4. The summed E-state index contributed by atoms with van der Waals surface area (Å²) in [7, 11) is -1.47. The lowest BCUT2D eigenvalue weighted by atomic mass is 9.80. The summed E-state index contributed by atoms with van der Waals surface area (Å²) in [6.45, 7) is 3.01. The fraction of sp³-hybridized carbons (Fsp3) is 1.00. The van der Waals surface area contributed by atoms with Crippen LogP contribution in [0.2, 0.25) is 0 Å². The van der Waals surface area contributed by atoms with E-state index in [1.165, 1.54) is 19.3 Å². The van der Waals surface area contributed by atoms with Crippen LogP contribution in [0.5, 0.6) is 0 Å². The van der Waals surface area contributed by atoms with Crippen molar-refractivity contribution in [1.82, 2.24) is 10.0 Å². The largest absolute Gasteiger partial charge is 0.384 e. The molecule has 0 aromatic heterocycles. The second kappa shape index (κ2) is 7.90. The van der Waals surface area contributed by atoms with Crippen molar-refractivity contribution in [3.8, 4) is 0 Å². The molecule has 1 heterocycles. The van der Waals surface area contributed by atoms with Crippen LogP contribution in [0, 0.1) is 11.3 Å². The van der Waals surface area contributed by atoms with E-state index >= 15 is 0 Å². The highest BCUT2D eigenvalue weighted by molar-refractivity contribution is 7.89. The van der Waals surface area contributed by atoms with Crippen molar-refractivity contribution in [3.05, 3.63) is 0 Å². The van der Waals surface area contributed by atoms with Crippen molar-refractivity contribution < 1.29 is 13.2 Å². The molecule has 0 unspecified atom stereocenters. The van der Waals surface area contributed by atoms with Crippen LogP contribution in [-0.4, -0.2) is 47.5 Å². The lowest BCUT2D eigenvalue weighted by Gasteiger charge is -2.37. The van der Waals surface area contributed by atoms with Crippen LogP contribution in [-0.2, 0) is 14.8 Å². The van der Waals surface area contributed by atoms with Gasteiger partial charge in [-0.2, -0.15) is 0 Å². The number of nitrogens with one attached hydrogen (secondary N) is 2. The van der Waals surface area contributed by atoms with Crippen LogP contribution in [0.15, 0.2) is 0 Å². The number of piperidine rings is 1. The zero-order valence-corrected chi connectivity index (χ0v) is 14.0. The summed E-state index contributed by atoms with van der Waals surface area (Å²) >= 11 is 0. The van der Waals surface area contributed by atoms with E-state index in [1.807, 2.05) is 0 Å². The summed E-state index contributed by atoms with van der Waals surface area (Å²) in [5.74, 6) is 0.650. The third-order valence-electron chi connectivity index (χ3n) is 4.96. The van der Waals surface area contributed by atoms with Crippen LogP contribution in [0.3, 0.4) is 0 Å². The minimum Gasteiger partial charge on any atom is -0.384 e. The van der Waals surface area contributed by atoms with Gasteiger partial charge in [-0.3, -0.25) is 0 Å². The third kappa shape index (κ3) is 5.51. The predicted octanol–water partition coefficient (Wildman–Crippen LogP) is 1.50. The van der Waals surface area contributed by atoms with Gasteiger partial charge in [-0.05, 0) is 44.7 Å². The molecule has 124 valence electrons. The molecule has 0 aromatic carbocycles. The Balaban J connectivity index is 1.86. The smallest absolute Gasteiger partial charge is 0.211 e. The molecule has 2 N–H and O–H groups in total. The summed E-state index contributed by atoms with van der Waals surface area (Å²) in [4.78, 5) is 0. The Hall–Kier alpha value is -0.170. The van der Waals surface area contributed by atoms with Gasteiger partial charge >= 0.3 is 0 Å². The number of rotatable bonds is 7. The van der Waals surface area contributed by atoms with Gasteiger partial charge in [-0.25, -0.2) is 13.1 Å². The van der Waals surface area contributed by atoms with Gasteiger partial charge in [0, 0.05) is 19.1 Å². The molecule has 21 heavy (non-hydrogen) atoms. The van der Waals surface area contributed by atoms with E-state index in [4.69, 9.17) is 4.74 Å². The first-order valence-electron chi connectivity index (χ1n) is 8.22. The monoisotopic (exact) mass is 318 g/mol. The van der Waals surface area contributed by atoms with Crippen LogP contribution in [0.1, 0.15) is 44.9 Å². The highest BCUT2D eigenvalue weighted by Gasteiger charge is 2.33. The molecule has 2 rings (SSSR count). The van der Waals surface area contributed by atoms with Gasteiger partial charge in [0.15, 0.2) is 0 Å². The van der Waals surface area contributed by atoms with Gasteiger partial charge in [-0.1, -0.05) is 19.3 Å². The van der Waals surface area contributed by atoms with Gasteiger partial charge in [0.2, 0.25) is 10.0 Å². The maximum Gasteiger partial charge on any atom is 0.211 e. The van der Waals surface area contributed by atoms with Crippen LogP contribution < -0.4 is 10.0 Å². The number of hydrogen-bond donors (Lipinski definition) is 2. The molecule has 1 aliphatic heterocycles. The Bertz CT molecular complexity index is 394. The summed E-state index contributed by atoms with van der Waals surface area (Å²) < 4.78 is 32.8. The lowest BCUT2D eigenvalue weighted by molar-refractivity contribution is 0.0577. The fourth-order valence-corrected chi connectivity index (χ4v) is 5.22. The van der Waals surface area contributed by atoms with Crippen molar-refractivity contribution in [2.75, 3.05) is 39.1 Å². The van der Waals surface area contributed by atoms with E-state index in [-0.39, 0.29) is 5.41 Å². The van der Waals surface area contributed by atoms with Gasteiger partial charge < -0.3 is 10.1 Å². The van der Waals surface area contributed by atoms with E-state index in [1.54, 1.807) is 7.11 Å². The molecule has 0 amide bonds. The van der Waals surface area contributed by atoms with Gasteiger partial charge in [0.25, 0.3) is 0 Å². The van der Waals surface area contributed by atoms with E-state index in [0.29, 0.717) is 24.8 Å². The normalized spacial score (nSPS) is 24.0. The number of methoxy groups -OCH3 is 1. The second-order valence-corrected chi connectivity index (χ2v) is 8.64. The molecule has 1 saturated heterocycles. The molecule has 5 nitrogen and oxygen atoms in total. The Morgan fingerprint density at radius 1 is 1.19 bits per heavy atom. The lowest BCUT2D eigenvalue weighted by Crippen LogP contribution is -2.47. The van der Waals surface area contributed by atoms with Crippen molar-refractivity contribution >= 4 is 10.0 Å². The molecule has 2 aliphatic rings. The standard InChI is InChI=1S/C15H30N2O3S/c1-20-13-15(7-9-16-10-8-15)12-17-21(18,19)11-14-5-3-2-4-6-14/h14,16-17H,2-13H2,1H3. The van der Waals surface area contributed by atoms with Crippen molar-refractivity contribution in [2.45, 2.75) is 44.9 Å². The van der Waals surface area contributed by atoms with Crippen LogP contribution >= 0.6 is 0 Å². The molecule has 1 aliphatic carbocycles. The maximum atomic E-state index is 12.3. The average molecular weight is 318 g/mol. The summed E-state index contributed by atoms with van der Waals surface area (Å²) in [6, 6.07) is 0. The first-order chi connectivity index (χ1) is 10.1. The SMILES string of the molecule is COCC1(CNS(=O)(=O)CC2CCCCC2)CCNCC1. The first kappa shape index (κ1) is 17.2. The third-order valence-corrected chi connectivity index (χ3v) is 6.46. The van der Waals surface area contributed by atoms with E-state index < -0.39 is 10.0 Å². The van der Waals surface area contributed by atoms with Gasteiger partial charge in [0.05, 0.1) is 12.4 Å². The zero-order valence-electron chi connectivity index (χ0n) is 13.2. The van der Waals surface area contributed by atoms with Gasteiger partial charge in [0.1, 0.15) is 0 Å². The van der Waals surface area contributed by atoms with Crippen LogP contribution in [0.4, 0.5) is 0 Å². The predicted molar refractivity (Wildman–Crippen MR) is 84.8 cm³/mol. The van der Waals surface area contributed by atoms with Crippen LogP contribution in [0.25, 0.3) is 0 Å². The Morgan fingerprint density at radius 3 is 2.48 bits per heavy atom. The molecule has 2 fully saturated rings. The Morgan fingerprint density at radius 2 is 1.86 bits per heavy atom. The quantitative estimate of drug-likeness (QED) is 0.746. The van der Waals surface area contributed by atoms with Crippen molar-refractivity contribution in [3.63, 3.8) is 0 Å². The Labute approximate surface area is 129 Å². The second-order valence-electron chi connectivity index (χ2n) is 6.79. The van der Waals surface area contributed by atoms with Gasteiger partial charge in [-0.15, -0.1) is 0 Å². The Kier molecular flexibility index (Phi) is 6.47. The topological polar surface area (TPSA) is 67.4 Å². The molecule has 0 aromatic rings. The summed E-state index contributed by atoms with van der Waals surface area (Å²) in [5, 5.41) is 3.33. The zero-order chi connectivity index (χ0) is 15.2. The molecule has 6 heteroatoms. The molecule has 0 spiro atoms. The molecule has 0 radical (unpaired) electrons. The molecule has 1 saturated carbocycles. The molecule has 0 atom stereocenters. The minimum atomic E-state index is -3.16. The maximum absolute atomic E-state index is 12.3. The first-order valence-corrected chi connectivity index (χ1v) is 9.87. The molecular weight excluding hydrogens is 288 g/mol. The molecular formula is C15H30N2O3S. The molecule has 0 bridgehead atoms. The number of sulfonamides is 1. The fourth-order valence-electron chi connectivity index (χ4n) is 3.62. The minimum absolute atomic E-state index is 0.0420. The summed E-state index contributed by atoms with van der Waals surface area (Å²) in [5.41, 5.74) is -0.0420.